The van der Waals surface area contributed by atoms with Crippen molar-refractivity contribution in [3.05, 3.63) is 12.2 Å². The van der Waals surface area contributed by atoms with Crippen LogP contribution in [0.5, 0.6) is 0 Å². The summed E-state index contributed by atoms with van der Waals surface area (Å²) in [5, 5.41) is 8.41. The highest BCUT2D eigenvalue weighted by atomic mass is 19.3. The zero-order chi connectivity index (χ0) is 11.0. The maximum atomic E-state index is 10.9. The lowest BCUT2D eigenvalue weighted by Gasteiger charge is -1.97. The van der Waals surface area contributed by atoms with Crippen molar-refractivity contribution in [1.29, 1.82) is 0 Å². The Labute approximate surface area is 82.6 Å². The van der Waals surface area contributed by atoms with Crippen molar-refractivity contribution in [2.75, 3.05) is 0 Å². The van der Waals surface area contributed by atoms with Crippen molar-refractivity contribution in [2.24, 2.45) is 5.92 Å². The Kier molecular flexibility index (Phi) is 6.98. The van der Waals surface area contributed by atoms with Crippen LogP contribution in [0.2, 0.25) is 0 Å². The first-order valence-corrected chi connectivity index (χ1v) is 4.81. The van der Waals surface area contributed by atoms with E-state index in [1.165, 1.54) is 0 Å². The van der Waals surface area contributed by atoms with Gasteiger partial charge in [0.2, 0.25) is 0 Å². The quantitative estimate of drug-likeness (QED) is 0.751. The normalized spacial score (nSPS) is 15.6. The zero-order valence-electron chi connectivity index (χ0n) is 8.30. The summed E-state index contributed by atoms with van der Waals surface area (Å²) < 4.78 is 21.8. The van der Waals surface area contributed by atoms with E-state index in [0.717, 1.165) is 31.8 Å². The van der Waals surface area contributed by atoms with E-state index >= 15 is 0 Å². The SMILES string of the molecule is CCC=C(F)F.O=C(O)C1CCCC1. The summed E-state index contributed by atoms with van der Waals surface area (Å²) in [5.74, 6) is -0.627. The van der Waals surface area contributed by atoms with Gasteiger partial charge in [-0.3, -0.25) is 4.79 Å². The van der Waals surface area contributed by atoms with E-state index in [9.17, 15) is 13.6 Å². The molecule has 0 spiro atoms. The van der Waals surface area contributed by atoms with E-state index in [1.54, 1.807) is 6.92 Å². The van der Waals surface area contributed by atoms with Crippen molar-refractivity contribution >= 4 is 5.97 Å². The summed E-state index contributed by atoms with van der Waals surface area (Å²) in [4.78, 5) is 10.2. The number of halogens is 2. The lowest BCUT2D eigenvalue weighted by molar-refractivity contribution is -0.141. The molecule has 2 nitrogen and oxygen atoms in total. The first-order valence-electron chi connectivity index (χ1n) is 4.81. The van der Waals surface area contributed by atoms with Crippen molar-refractivity contribution in [3.63, 3.8) is 0 Å². The number of rotatable bonds is 2. The van der Waals surface area contributed by atoms with Crippen LogP contribution < -0.4 is 0 Å². The summed E-state index contributed by atoms with van der Waals surface area (Å²) in [7, 11) is 0. The molecular weight excluding hydrogens is 190 g/mol. The standard InChI is InChI=1S/C6H10O2.C4H6F2/c7-6(8)5-3-1-2-4-5;1-2-3-4(5)6/h5H,1-4H2,(H,7,8);3H,2H2,1H3. The number of allylic oxidation sites excluding steroid dienone is 1. The van der Waals surface area contributed by atoms with Crippen molar-refractivity contribution in [3.8, 4) is 0 Å². The minimum absolute atomic E-state index is 0.0185. The lowest BCUT2D eigenvalue weighted by atomic mass is 10.1. The van der Waals surface area contributed by atoms with Gasteiger partial charge < -0.3 is 5.11 Å². The molecule has 1 fully saturated rings. The number of hydrogen-bond donors (Lipinski definition) is 1. The summed E-state index contributed by atoms with van der Waals surface area (Å²) in [6.45, 7) is 1.67. The summed E-state index contributed by atoms with van der Waals surface area (Å²) in [6.07, 6.45) is 3.72. The topological polar surface area (TPSA) is 37.3 Å². The first kappa shape index (κ1) is 13.1. The maximum Gasteiger partial charge on any atom is 0.306 e. The molecule has 0 bridgehead atoms. The molecule has 0 heterocycles. The predicted octanol–water partition coefficient (Wildman–Crippen LogP) is 3.44. The Balaban J connectivity index is 0.000000255. The Morgan fingerprint density at radius 2 is 1.93 bits per heavy atom. The van der Waals surface area contributed by atoms with Gasteiger partial charge in [-0.1, -0.05) is 19.8 Å². The highest BCUT2D eigenvalue weighted by Gasteiger charge is 2.20. The summed E-state index contributed by atoms with van der Waals surface area (Å²) >= 11 is 0. The van der Waals surface area contributed by atoms with E-state index in [-0.39, 0.29) is 5.92 Å². The predicted molar refractivity (Wildman–Crippen MR) is 50.2 cm³/mol. The van der Waals surface area contributed by atoms with Gasteiger partial charge in [0, 0.05) is 0 Å². The average Bonchev–Trinajstić information content (AvgIpc) is 2.56. The molecule has 1 aliphatic rings. The molecule has 1 aliphatic carbocycles. The molecule has 0 atom stereocenters. The molecule has 0 unspecified atom stereocenters. The molecule has 0 amide bonds. The number of carboxylic acid groups (broad SMARTS) is 1. The number of carbonyl (C=O) groups is 1. The van der Waals surface area contributed by atoms with Crippen LogP contribution in [0.15, 0.2) is 12.2 Å². The van der Waals surface area contributed by atoms with Crippen LogP contribution in [0.1, 0.15) is 39.0 Å². The highest BCUT2D eigenvalue weighted by Crippen LogP contribution is 2.24. The van der Waals surface area contributed by atoms with Gasteiger partial charge in [0.15, 0.2) is 0 Å². The van der Waals surface area contributed by atoms with Crippen molar-refractivity contribution in [1.82, 2.24) is 0 Å². The Morgan fingerprint density at radius 1 is 1.43 bits per heavy atom. The van der Waals surface area contributed by atoms with Crippen LogP contribution in [0.4, 0.5) is 8.78 Å². The third-order valence-corrected chi connectivity index (χ3v) is 2.06. The number of aliphatic carboxylic acids is 1. The zero-order valence-corrected chi connectivity index (χ0v) is 8.30. The average molecular weight is 206 g/mol. The van der Waals surface area contributed by atoms with Gasteiger partial charge in [0.25, 0.3) is 6.08 Å². The van der Waals surface area contributed by atoms with Gasteiger partial charge in [-0.25, -0.2) is 0 Å². The fourth-order valence-electron chi connectivity index (χ4n) is 1.33. The molecule has 4 heteroatoms. The van der Waals surface area contributed by atoms with Gasteiger partial charge in [-0.15, -0.1) is 0 Å². The fraction of sp³-hybridized carbons (Fsp3) is 0.700. The second-order valence-corrected chi connectivity index (χ2v) is 3.22. The molecule has 0 aromatic rings. The second kappa shape index (κ2) is 7.47. The Morgan fingerprint density at radius 3 is 2.07 bits per heavy atom. The minimum atomic E-state index is -1.59. The van der Waals surface area contributed by atoms with Gasteiger partial charge in [-0.2, -0.15) is 8.78 Å². The monoisotopic (exact) mass is 206 g/mol. The van der Waals surface area contributed by atoms with Gasteiger partial charge in [-0.05, 0) is 25.3 Å². The van der Waals surface area contributed by atoms with Crippen LogP contribution in [-0.4, -0.2) is 11.1 Å². The van der Waals surface area contributed by atoms with E-state index in [0.29, 0.717) is 6.42 Å². The molecular formula is C10H16F2O2. The largest absolute Gasteiger partial charge is 0.481 e. The highest BCUT2D eigenvalue weighted by molar-refractivity contribution is 5.70. The fourth-order valence-corrected chi connectivity index (χ4v) is 1.33. The Bertz CT molecular complexity index is 192. The smallest absolute Gasteiger partial charge is 0.306 e. The molecule has 1 saturated carbocycles. The van der Waals surface area contributed by atoms with Crippen LogP contribution >= 0.6 is 0 Å². The molecule has 0 aromatic heterocycles. The lowest BCUT2D eigenvalue weighted by Crippen LogP contribution is -2.07. The number of carboxylic acids is 1. The molecule has 1 N–H and O–H groups in total. The van der Waals surface area contributed by atoms with Gasteiger partial charge >= 0.3 is 5.97 Å². The number of hydrogen-bond acceptors (Lipinski definition) is 1. The third-order valence-electron chi connectivity index (χ3n) is 2.06. The van der Waals surface area contributed by atoms with Gasteiger partial charge in [0.05, 0.1) is 5.92 Å². The second-order valence-electron chi connectivity index (χ2n) is 3.22. The Hall–Kier alpha value is -0.930. The molecule has 0 saturated heterocycles. The van der Waals surface area contributed by atoms with Crippen LogP contribution in [0.3, 0.4) is 0 Å². The van der Waals surface area contributed by atoms with Crippen molar-refractivity contribution < 1.29 is 18.7 Å². The van der Waals surface area contributed by atoms with Gasteiger partial charge in [0.1, 0.15) is 0 Å². The van der Waals surface area contributed by atoms with E-state index in [1.807, 2.05) is 0 Å². The summed E-state index contributed by atoms with van der Waals surface area (Å²) in [5.41, 5.74) is 0. The maximum absolute atomic E-state index is 10.9. The minimum Gasteiger partial charge on any atom is -0.481 e. The summed E-state index contributed by atoms with van der Waals surface area (Å²) in [6, 6.07) is 0. The molecule has 14 heavy (non-hydrogen) atoms. The van der Waals surface area contributed by atoms with Crippen LogP contribution in [0, 0.1) is 5.92 Å². The molecule has 1 rings (SSSR count). The third kappa shape index (κ3) is 6.57. The van der Waals surface area contributed by atoms with Crippen molar-refractivity contribution in [2.45, 2.75) is 39.0 Å². The molecule has 0 aromatic carbocycles. The molecule has 0 aliphatic heterocycles. The first-order chi connectivity index (χ1) is 6.57. The molecule has 82 valence electrons. The van der Waals surface area contributed by atoms with Crippen LogP contribution in [-0.2, 0) is 4.79 Å². The van der Waals surface area contributed by atoms with Crippen LogP contribution in [0.25, 0.3) is 0 Å². The molecule has 0 radical (unpaired) electrons. The van der Waals surface area contributed by atoms with E-state index in [2.05, 4.69) is 0 Å². The van der Waals surface area contributed by atoms with E-state index in [4.69, 9.17) is 5.11 Å². The van der Waals surface area contributed by atoms with E-state index < -0.39 is 12.0 Å².